The van der Waals surface area contributed by atoms with Crippen LogP contribution < -0.4 is 5.32 Å². The summed E-state index contributed by atoms with van der Waals surface area (Å²) in [5.41, 5.74) is -1.07. The lowest BCUT2D eigenvalue weighted by Crippen LogP contribution is -2.31. The van der Waals surface area contributed by atoms with Crippen LogP contribution in [0.25, 0.3) is 0 Å². The lowest BCUT2D eigenvalue weighted by atomic mass is 9.88. The number of anilines is 1. The number of hydrogen-bond acceptors (Lipinski definition) is 2. The first-order chi connectivity index (χ1) is 8.34. The van der Waals surface area contributed by atoms with Gasteiger partial charge >= 0.3 is 0 Å². The normalized spacial score (nSPS) is 13.6. The van der Waals surface area contributed by atoms with Gasteiger partial charge in [-0.1, -0.05) is 30.1 Å². The van der Waals surface area contributed by atoms with Crippen LogP contribution in [0, 0.1) is 22.6 Å². The van der Waals surface area contributed by atoms with Crippen LogP contribution in [-0.2, 0) is 4.79 Å². The zero-order chi connectivity index (χ0) is 13.9. The number of nitrogens with one attached hydrogen (secondary N) is 1. The Morgan fingerprint density at radius 3 is 2.39 bits per heavy atom. The molecular weight excluding hydrogens is 278 g/mol. The van der Waals surface area contributed by atoms with Crippen molar-refractivity contribution in [1.29, 1.82) is 5.26 Å². The lowest BCUT2D eigenvalue weighted by Gasteiger charge is -2.19. The Kier molecular flexibility index (Phi) is 4.55. The highest BCUT2D eigenvalue weighted by Gasteiger charge is 2.32. The van der Waals surface area contributed by atoms with Gasteiger partial charge in [-0.25, -0.2) is 4.39 Å². The average Bonchev–Trinajstić information content (AvgIpc) is 2.32. The maximum Gasteiger partial charge on any atom is 0.244 e. The molecule has 1 aromatic carbocycles. The molecule has 0 radical (unpaired) electrons. The van der Waals surface area contributed by atoms with Gasteiger partial charge in [-0.3, -0.25) is 4.79 Å². The van der Waals surface area contributed by atoms with E-state index >= 15 is 0 Å². The van der Waals surface area contributed by atoms with Crippen molar-refractivity contribution in [3.05, 3.63) is 28.0 Å². The number of carbonyl (C=O) groups is 1. The monoisotopic (exact) mass is 288 g/mol. The van der Waals surface area contributed by atoms with Crippen molar-refractivity contribution in [3.8, 4) is 6.07 Å². The summed E-state index contributed by atoms with van der Waals surface area (Å²) < 4.78 is 13.0. The van der Waals surface area contributed by atoms with Crippen LogP contribution in [0.4, 0.5) is 10.1 Å². The molecule has 1 atom stereocenters. The molecule has 0 aromatic heterocycles. The molecule has 1 rings (SSSR count). The molecule has 0 heterocycles. The second kappa shape index (κ2) is 5.55. The Morgan fingerprint density at radius 2 is 2.00 bits per heavy atom. The third-order valence-corrected chi connectivity index (χ3v) is 3.30. The standard InChI is InChI=1S/C12H11Cl2FN2O/c1-3-12(2,6-16)11(18)17-10-8(13)4-7(15)5-9(10)14/h4-5H,3H2,1-2H3,(H,17,18). The van der Waals surface area contributed by atoms with Gasteiger partial charge in [0.05, 0.1) is 21.8 Å². The maximum atomic E-state index is 13.0. The number of amides is 1. The van der Waals surface area contributed by atoms with Crippen LogP contribution in [0.5, 0.6) is 0 Å². The van der Waals surface area contributed by atoms with Crippen molar-refractivity contribution in [2.24, 2.45) is 5.41 Å². The maximum absolute atomic E-state index is 13.0. The molecule has 1 N–H and O–H groups in total. The first-order valence-electron chi connectivity index (χ1n) is 5.21. The number of halogens is 3. The summed E-state index contributed by atoms with van der Waals surface area (Å²) in [5, 5.41) is 11.4. The third-order valence-electron chi connectivity index (χ3n) is 2.70. The van der Waals surface area contributed by atoms with Gasteiger partial charge in [-0.2, -0.15) is 5.26 Å². The van der Waals surface area contributed by atoms with Gasteiger partial charge in [0.2, 0.25) is 5.91 Å². The molecule has 0 aliphatic heterocycles. The zero-order valence-electron chi connectivity index (χ0n) is 9.85. The van der Waals surface area contributed by atoms with E-state index in [2.05, 4.69) is 5.32 Å². The Labute approximate surface area is 114 Å². The van der Waals surface area contributed by atoms with Crippen molar-refractivity contribution < 1.29 is 9.18 Å². The fourth-order valence-corrected chi connectivity index (χ4v) is 1.76. The van der Waals surface area contributed by atoms with Gasteiger partial charge in [0.15, 0.2) is 0 Å². The highest BCUT2D eigenvalue weighted by molar-refractivity contribution is 6.39. The molecule has 0 saturated carbocycles. The summed E-state index contributed by atoms with van der Waals surface area (Å²) in [6.45, 7) is 3.23. The molecule has 0 spiro atoms. The first-order valence-corrected chi connectivity index (χ1v) is 5.97. The van der Waals surface area contributed by atoms with E-state index in [1.165, 1.54) is 6.92 Å². The van der Waals surface area contributed by atoms with E-state index in [4.69, 9.17) is 28.5 Å². The molecule has 0 bridgehead atoms. The average molecular weight is 289 g/mol. The van der Waals surface area contributed by atoms with Crippen LogP contribution in [0.15, 0.2) is 12.1 Å². The fraction of sp³-hybridized carbons (Fsp3) is 0.333. The third kappa shape index (κ3) is 2.92. The quantitative estimate of drug-likeness (QED) is 0.914. The molecule has 3 nitrogen and oxygen atoms in total. The summed E-state index contributed by atoms with van der Waals surface area (Å²) in [4.78, 5) is 11.9. The topological polar surface area (TPSA) is 52.9 Å². The van der Waals surface area contributed by atoms with Gasteiger partial charge < -0.3 is 5.32 Å². The fourth-order valence-electron chi connectivity index (χ4n) is 1.20. The van der Waals surface area contributed by atoms with Crippen molar-refractivity contribution in [1.82, 2.24) is 0 Å². The minimum Gasteiger partial charge on any atom is -0.322 e. The molecule has 0 fully saturated rings. The molecule has 0 aliphatic rings. The first kappa shape index (κ1) is 14.7. The largest absolute Gasteiger partial charge is 0.322 e. The van der Waals surface area contributed by atoms with Crippen molar-refractivity contribution in [2.75, 3.05) is 5.32 Å². The SMILES string of the molecule is CCC(C)(C#N)C(=O)Nc1c(Cl)cc(F)cc1Cl. The number of nitriles is 1. The van der Waals surface area contributed by atoms with Crippen LogP contribution in [-0.4, -0.2) is 5.91 Å². The summed E-state index contributed by atoms with van der Waals surface area (Å²) in [6.07, 6.45) is 0.339. The Morgan fingerprint density at radius 1 is 1.50 bits per heavy atom. The summed E-state index contributed by atoms with van der Waals surface area (Å²) in [5.74, 6) is -1.12. The van der Waals surface area contributed by atoms with Gasteiger partial charge in [-0.05, 0) is 25.5 Å². The van der Waals surface area contributed by atoms with E-state index in [0.717, 1.165) is 12.1 Å². The predicted molar refractivity (Wildman–Crippen MR) is 69.1 cm³/mol. The predicted octanol–water partition coefficient (Wildman–Crippen LogP) is 4.01. The molecule has 1 unspecified atom stereocenters. The van der Waals surface area contributed by atoms with E-state index in [1.54, 1.807) is 6.92 Å². The zero-order valence-corrected chi connectivity index (χ0v) is 11.4. The van der Waals surface area contributed by atoms with Crippen LogP contribution in [0.3, 0.4) is 0 Å². The Hall–Kier alpha value is -1.31. The van der Waals surface area contributed by atoms with Gasteiger partial charge in [0, 0.05) is 0 Å². The second-order valence-electron chi connectivity index (χ2n) is 4.00. The summed E-state index contributed by atoms with van der Waals surface area (Å²) in [6, 6.07) is 4.01. The molecule has 1 aromatic rings. The molecule has 18 heavy (non-hydrogen) atoms. The van der Waals surface area contributed by atoms with Crippen molar-refractivity contribution in [3.63, 3.8) is 0 Å². The second-order valence-corrected chi connectivity index (χ2v) is 4.81. The van der Waals surface area contributed by atoms with Gasteiger partial charge in [0.25, 0.3) is 0 Å². The minimum atomic E-state index is -1.18. The van der Waals surface area contributed by atoms with Crippen molar-refractivity contribution >= 4 is 34.8 Å². The smallest absolute Gasteiger partial charge is 0.244 e. The molecular formula is C12H11Cl2FN2O. The number of nitrogens with zero attached hydrogens (tertiary/aromatic N) is 1. The highest BCUT2D eigenvalue weighted by Crippen LogP contribution is 2.33. The van der Waals surface area contributed by atoms with E-state index in [-0.39, 0.29) is 15.7 Å². The van der Waals surface area contributed by atoms with Gasteiger partial charge in [0.1, 0.15) is 11.2 Å². The Bertz CT molecular complexity index is 504. The van der Waals surface area contributed by atoms with Crippen LogP contribution >= 0.6 is 23.2 Å². The van der Waals surface area contributed by atoms with E-state index < -0.39 is 17.1 Å². The van der Waals surface area contributed by atoms with Crippen LogP contribution in [0.2, 0.25) is 10.0 Å². The van der Waals surface area contributed by atoms with E-state index in [9.17, 15) is 9.18 Å². The summed E-state index contributed by atoms with van der Waals surface area (Å²) >= 11 is 11.6. The molecule has 0 aliphatic carbocycles. The molecule has 6 heteroatoms. The lowest BCUT2D eigenvalue weighted by molar-refractivity contribution is -0.122. The molecule has 96 valence electrons. The highest BCUT2D eigenvalue weighted by atomic mass is 35.5. The minimum absolute atomic E-state index is 0.00950. The van der Waals surface area contributed by atoms with Gasteiger partial charge in [-0.15, -0.1) is 0 Å². The number of hydrogen-bond donors (Lipinski definition) is 1. The number of benzene rings is 1. The summed E-state index contributed by atoms with van der Waals surface area (Å²) in [7, 11) is 0. The van der Waals surface area contributed by atoms with E-state index in [1.807, 2.05) is 6.07 Å². The Balaban J connectivity index is 3.07. The van der Waals surface area contributed by atoms with Crippen LogP contribution in [0.1, 0.15) is 20.3 Å². The number of carbonyl (C=O) groups excluding carboxylic acids is 1. The van der Waals surface area contributed by atoms with E-state index in [0.29, 0.717) is 6.42 Å². The molecule has 0 saturated heterocycles. The van der Waals surface area contributed by atoms with Crippen molar-refractivity contribution in [2.45, 2.75) is 20.3 Å². The number of rotatable bonds is 3. The molecule has 1 amide bonds.